The van der Waals surface area contributed by atoms with Crippen LogP contribution in [0.1, 0.15) is 16.7 Å². The third kappa shape index (κ3) is 5.59. The molecule has 3 amide bonds. The molecule has 3 aromatic carbocycles. The number of nitrogens with zero attached hydrogens (tertiary/aromatic N) is 1. The Kier molecular flexibility index (Phi) is 7.78. The average Bonchev–Trinajstić information content (AvgIpc) is 3.07. The lowest BCUT2D eigenvalue weighted by molar-refractivity contribution is -0.120. The molecule has 0 saturated heterocycles. The van der Waals surface area contributed by atoms with Gasteiger partial charge in [-0.05, 0) is 60.9 Å². The Morgan fingerprint density at radius 2 is 1.57 bits per heavy atom. The molecular weight excluding hydrogens is 537 g/mol. The predicted molar refractivity (Wildman–Crippen MR) is 147 cm³/mol. The van der Waals surface area contributed by atoms with E-state index in [1.807, 2.05) is 13.8 Å². The van der Waals surface area contributed by atoms with E-state index in [0.717, 1.165) is 21.6 Å². The van der Waals surface area contributed by atoms with Crippen molar-refractivity contribution in [1.29, 1.82) is 0 Å². The normalized spacial score (nSPS) is 13.3. The average molecular weight is 559 g/mol. The number of anilines is 3. The monoisotopic (exact) mass is 557 g/mol. The summed E-state index contributed by atoms with van der Waals surface area (Å²) < 4.78 is 5.30. The molecule has 4 rings (SSSR count). The summed E-state index contributed by atoms with van der Waals surface area (Å²) in [5.41, 5.74) is 3.70. The van der Waals surface area contributed by atoms with Gasteiger partial charge in [-0.25, -0.2) is 4.90 Å². The van der Waals surface area contributed by atoms with E-state index in [4.69, 9.17) is 39.5 Å². The van der Waals surface area contributed by atoms with Crippen molar-refractivity contribution in [3.05, 3.63) is 92.1 Å². The minimum atomic E-state index is -0.643. The van der Waals surface area contributed by atoms with Crippen molar-refractivity contribution in [1.82, 2.24) is 0 Å². The summed E-state index contributed by atoms with van der Waals surface area (Å²) in [4.78, 5) is 39.3. The van der Waals surface area contributed by atoms with Crippen LogP contribution in [0.5, 0.6) is 5.75 Å². The summed E-state index contributed by atoms with van der Waals surface area (Å²) in [6.07, 6.45) is 0.105. The van der Waals surface area contributed by atoms with E-state index in [9.17, 15) is 14.4 Å². The molecule has 1 heterocycles. The van der Waals surface area contributed by atoms with Crippen LogP contribution in [0.15, 0.2) is 65.3 Å². The molecule has 7 nitrogen and oxygen atoms in total. The summed E-state index contributed by atoms with van der Waals surface area (Å²) in [7, 11) is 1.50. The van der Waals surface area contributed by atoms with E-state index in [1.165, 1.54) is 7.11 Å². The van der Waals surface area contributed by atoms with E-state index in [-0.39, 0.29) is 23.1 Å². The third-order valence-electron chi connectivity index (χ3n) is 5.78. The molecule has 1 aliphatic heterocycles. The Labute approximate surface area is 229 Å². The van der Waals surface area contributed by atoms with Gasteiger partial charge in [0.15, 0.2) is 0 Å². The molecule has 3 aromatic rings. The number of carbonyl (C=O) groups excluding carboxylic acids is 3. The van der Waals surface area contributed by atoms with Crippen LogP contribution in [0.3, 0.4) is 0 Å². The highest BCUT2D eigenvalue weighted by molar-refractivity contribution is 6.53. The second-order valence-electron chi connectivity index (χ2n) is 8.42. The maximum absolute atomic E-state index is 13.0. The van der Waals surface area contributed by atoms with Crippen molar-refractivity contribution < 1.29 is 19.1 Å². The Bertz CT molecular complexity index is 1450. The van der Waals surface area contributed by atoms with Gasteiger partial charge in [0.2, 0.25) is 5.91 Å². The number of hydrogen-bond donors (Lipinski definition) is 2. The molecule has 0 spiro atoms. The van der Waals surface area contributed by atoms with Crippen molar-refractivity contribution in [2.45, 2.75) is 20.3 Å². The SMILES string of the molecule is COc1cc(Cl)c(C)cc1NC(=O)Cc1ccc(NC2=C(Cl)C(=O)N(c3ccc(C)c(Cl)c3)C2=O)cc1. The number of amides is 3. The molecular formula is C27H22Cl3N3O4. The summed E-state index contributed by atoms with van der Waals surface area (Å²) in [6, 6.07) is 15.1. The summed E-state index contributed by atoms with van der Waals surface area (Å²) in [5, 5.41) is 6.50. The number of ether oxygens (including phenoxy) is 1. The molecule has 0 saturated carbocycles. The van der Waals surface area contributed by atoms with E-state index in [0.29, 0.717) is 32.9 Å². The van der Waals surface area contributed by atoms with Crippen LogP contribution < -0.4 is 20.3 Å². The highest BCUT2D eigenvalue weighted by Crippen LogP contribution is 2.33. The molecule has 0 atom stereocenters. The zero-order valence-electron chi connectivity index (χ0n) is 20.1. The molecule has 0 bridgehead atoms. The lowest BCUT2D eigenvalue weighted by Gasteiger charge is -2.16. The number of imide groups is 1. The van der Waals surface area contributed by atoms with Gasteiger partial charge < -0.3 is 15.4 Å². The van der Waals surface area contributed by atoms with E-state index < -0.39 is 11.8 Å². The van der Waals surface area contributed by atoms with Crippen molar-refractivity contribution in [3.63, 3.8) is 0 Å². The fourth-order valence-corrected chi connectivity index (χ4v) is 4.27. The first-order valence-corrected chi connectivity index (χ1v) is 12.3. The Hall–Kier alpha value is -3.52. The highest BCUT2D eigenvalue weighted by Gasteiger charge is 2.39. The van der Waals surface area contributed by atoms with Crippen molar-refractivity contribution in [3.8, 4) is 5.75 Å². The first-order valence-electron chi connectivity index (χ1n) is 11.1. The molecule has 10 heteroatoms. The number of carbonyl (C=O) groups is 3. The van der Waals surface area contributed by atoms with Gasteiger partial charge in [-0.15, -0.1) is 0 Å². The molecule has 190 valence electrons. The fraction of sp³-hybridized carbons (Fsp3) is 0.148. The second-order valence-corrected chi connectivity index (χ2v) is 9.61. The van der Waals surface area contributed by atoms with Crippen molar-refractivity contribution in [2.75, 3.05) is 22.6 Å². The maximum Gasteiger partial charge on any atom is 0.283 e. The van der Waals surface area contributed by atoms with Gasteiger partial charge in [-0.3, -0.25) is 14.4 Å². The smallest absolute Gasteiger partial charge is 0.283 e. The Morgan fingerprint density at radius 3 is 2.22 bits per heavy atom. The maximum atomic E-state index is 13.0. The van der Waals surface area contributed by atoms with Gasteiger partial charge in [-0.2, -0.15) is 0 Å². The molecule has 0 fully saturated rings. The number of aryl methyl sites for hydroxylation is 2. The third-order valence-corrected chi connectivity index (χ3v) is 6.95. The van der Waals surface area contributed by atoms with Gasteiger partial charge in [0.05, 0.1) is 24.9 Å². The summed E-state index contributed by atoms with van der Waals surface area (Å²) >= 11 is 18.5. The number of nitrogens with one attached hydrogen (secondary N) is 2. The summed E-state index contributed by atoms with van der Waals surface area (Å²) in [5.74, 6) is -1.01. The second kappa shape index (κ2) is 10.8. The predicted octanol–water partition coefficient (Wildman–Crippen LogP) is 6.24. The summed E-state index contributed by atoms with van der Waals surface area (Å²) in [6.45, 7) is 3.66. The van der Waals surface area contributed by atoms with E-state index in [1.54, 1.807) is 54.6 Å². The van der Waals surface area contributed by atoms with Crippen LogP contribution in [0.25, 0.3) is 0 Å². The molecule has 0 aromatic heterocycles. The minimum absolute atomic E-state index is 0.0425. The molecule has 37 heavy (non-hydrogen) atoms. The highest BCUT2D eigenvalue weighted by atomic mass is 35.5. The van der Waals surface area contributed by atoms with Gasteiger partial charge >= 0.3 is 0 Å². The van der Waals surface area contributed by atoms with Crippen LogP contribution in [-0.4, -0.2) is 24.8 Å². The zero-order valence-corrected chi connectivity index (χ0v) is 22.4. The lowest BCUT2D eigenvalue weighted by atomic mass is 10.1. The lowest BCUT2D eigenvalue weighted by Crippen LogP contribution is -2.32. The number of methoxy groups -OCH3 is 1. The quantitative estimate of drug-likeness (QED) is 0.335. The number of rotatable bonds is 7. The van der Waals surface area contributed by atoms with Crippen LogP contribution in [0.2, 0.25) is 10.0 Å². The van der Waals surface area contributed by atoms with Gasteiger partial charge in [0.25, 0.3) is 11.8 Å². The number of hydrogen-bond acceptors (Lipinski definition) is 5. The van der Waals surface area contributed by atoms with Crippen LogP contribution >= 0.6 is 34.8 Å². The minimum Gasteiger partial charge on any atom is -0.495 e. The van der Waals surface area contributed by atoms with Crippen LogP contribution in [-0.2, 0) is 20.8 Å². The van der Waals surface area contributed by atoms with Gasteiger partial charge in [0.1, 0.15) is 16.5 Å². The molecule has 0 aliphatic carbocycles. The number of benzene rings is 3. The zero-order chi connectivity index (χ0) is 26.9. The first kappa shape index (κ1) is 26.5. The van der Waals surface area contributed by atoms with Crippen LogP contribution in [0.4, 0.5) is 17.1 Å². The first-order chi connectivity index (χ1) is 17.6. The van der Waals surface area contributed by atoms with E-state index in [2.05, 4.69) is 10.6 Å². The molecule has 0 radical (unpaired) electrons. The topological polar surface area (TPSA) is 87.7 Å². The Morgan fingerprint density at radius 1 is 0.892 bits per heavy atom. The van der Waals surface area contributed by atoms with Crippen molar-refractivity contribution >= 4 is 69.6 Å². The standard InChI is InChI=1S/C27H22Cl3N3O4/c1-14-4-9-18(12-19(14)28)33-26(35)24(30)25(27(33)36)31-17-7-5-16(6-8-17)11-23(34)32-21-10-15(2)20(29)13-22(21)37-3/h4-10,12-13,31H,11H2,1-3H3,(H,32,34). The Balaban J connectivity index is 1.44. The van der Waals surface area contributed by atoms with Crippen LogP contribution in [0, 0.1) is 13.8 Å². The largest absolute Gasteiger partial charge is 0.495 e. The fourth-order valence-electron chi connectivity index (χ4n) is 3.73. The van der Waals surface area contributed by atoms with Crippen molar-refractivity contribution in [2.24, 2.45) is 0 Å². The van der Waals surface area contributed by atoms with Gasteiger partial charge in [0, 0.05) is 21.8 Å². The number of halogens is 3. The van der Waals surface area contributed by atoms with E-state index >= 15 is 0 Å². The molecule has 2 N–H and O–H groups in total. The molecule has 1 aliphatic rings. The van der Waals surface area contributed by atoms with Gasteiger partial charge in [-0.1, -0.05) is 53.0 Å². The molecule has 0 unspecified atom stereocenters.